The maximum Gasteiger partial charge on any atom is 0.416 e. The van der Waals surface area contributed by atoms with E-state index in [1.54, 1.807) is 24.3 Å². The van der Waals surface area contributed by atoms with Gasteiger partial charge in [-0.15, -0.1) is 0 Å². The summed E-state index contributed by atoms with van der Waals surface area (Å²) in [6.07, 6.45) is -3.67. The second-order valence-electron chi connectivity index (χ2n) is 10.5. The van der Waals surface area contributed by atoms with Gasteiger partial charge in [0.15, 0.2) is 0 Å². The Balaban J connectivity index is 1.89. The number of hydrogen-bond acceptors (Lipinski definition) is 4. The summed E-state index contributed by atoms with van der Waals surface area (Å²) in [6.45, 7) is 3.48. The van der Waals surface area contributed by atoms with Crippen molar-refractivity contribution >= 4 is 39.1 Å². The van der Waals surface area contributed by atoms with E-state index in [1.165, 1.54) is 11.0 Å². The molecular formula is C31H35ClF3N3O4S. The van der Waals surface area contributed by atoms with Gasteiger partial charge in [0.1, 0.15) is 6.04 Å². The zero-order valence-electron chi connectivity index (χ0n) is 24.1. The van der Waals surface area contributed by atoms with Crippen LogP contribution in [0.2, 0.25) is 5.02 Å². The summed E-state index contributed by atoms with van der Waals surface area (Å²) in [7, 11) is -3.97. The van der Waals surface area contributed by atoms with Gasteiger partial charge in [0.05, 0.1) is 17.5 Å². The number of amides is 2. The number of carbonyl (C=O) groups is 2. The topological polar surface area (TPSA) is 86.8 Å². The SMILES string of the molecule is CC(C)NC(=O)[C@@H](Cc1ccccc1)N(Cc1ccc(Cl)cc1)C(=O)CCCN(c1cccc(C(F)(F)F)c1)S(C)(=O)=O. The van der Waals surface area contributed by atoms with Crippen molar-refractivity contribution < 1.29 is 31.2 Å². The molecule has 3 rings (SSSR count). The molecule has 0 bridgehead atoms. The Hall–Kier alpha value is -3.57. The molecule has 0 spiro atoms. The monoisotopic (exact) mass is 637 g/mol. The Morgan fingerprint density at radius 1 is 0.930 bits per heavy atom. The van der Waals surface area contributed by atoms with Crippen molar-refractivity contribution in [3.8, 4) is 0 Å². The first-order valence-electron chi connectivity index (χ1n) is 13.7. The maximum absolute atomic E-state index is 13.8. The van der Waals surface area contributed by atoms with Crippen molar-refractivity contribution in [3.05, 3.63) is 101 Å². The molecule has 3 aromatic carbocycles. The van der Waals surface area contributed by atoms with E-state index in [0.29, 0.717) is 5.02 Å². The van der Waals surface area contributed by atoms with Crippen LogP contribution in [0.25, 0.3) is 0 Å². The Morgan fingerprint density at radius 3 is 2.16 bits per heavy atom. The lowest BCUT2D eigenvalue weighted by Gasteiger charge is -2.32. The van der Waals surface area contributed by atoms with E-state index in [2.05, 4.69) is 5.32 Å². The molecule has 2 amide bonds. The fraction of sp³-hybridized carbons (Fsp3) is 0.355. The minimum atomic E-state index is -4.65. The largest absolute Gasteiger partial charge is 0.416 e. The normalized spacial score (nSPS) is 12.6. The second kappa shape index (κ2) is 14.7. The molecule has 0 fully saturated rings. The highest BCUT2D eigenvalue weighted by atomic mass is 35.5. The van der Waals surface area contributed by atoms with E-state index >= 15 is 0 Å². The molecule has 0 aliphatic rings. The molecule has 0 aliphatic carbocycles. The number of nitrogens with zero attached hydrogens (tertiary/aromatic N) is 2. The summed E-state index contributed by atoms with van der Waals surface area (Å²) in [6, 6.07) is 19.1. The van der Waals surface area contributed by atoms with Gasteiger partial charge in [-0.1, -0.05) is 60.1 Å². The molecule has 7 nitrogen and oxygen atoms in total. The van der Waals surface area contributed by atoms with Crippen LogP contribution in [0.15, 0.2) is 78.9 Å². The Kier molecular flexibility index (Phi) is 11.6. The van der Waals surface area contributed by atoms with E-state index in [4.69, 9.17) is 11.6 Å². The molecule has 12 heteroatoms. The predicted molar refractivity (Wildman–Crippen MR) is 162 cm³/mol. The fourth-order valence-electron chi connectivity index (χ4n) is 4.56. The van der Waals surface area contributed by atoms with Crippen LogP contribution in [-0.2, 0) is 38.8 Å². The van der Waals surface area contributed by atoms with Gasteiger partial charge in [0.2, 0.25) is 21.8 Å². The van der Waals surface area contributed by atoms with Crippen LogP contribution in [0.5, 0.6) is 0 Å². The Bertz CT molecular complexity index is 1480. The molecule has 1 N–H and O–H groups in total. The smallest absolute Gasteiger partial charge is 0.352 e. The van der Waals surface area contributed by atoms with Crippen molar-refractivity contribution in [1.29, 1.82) is 0 Å². The zero-order valence-corrected chi connectivity index (χ0v) is 25.7. The Morgan fingerprint density at radius 2 is 1.58 bits per heavy atom. The lowest BCUT2D eigenvalue weighted by atomic mass is 10.0. The van der Waals surface area contributed by atoms with Gasteiger partial charge in [-0.3, -0.25) is 13.9 Å². The first-order chi connectivity index (χ1) is 20.1. The average molecular weight is 638 g/mol. The molecule has 43 heavy (non-hydrogen) atoms. The molecular weight excluding hydrogens is 603 g/mol. The highest BCUT2D eigenvalue weighted by molar-refractivity contribution is 7.92. The van der Waals surface area contributed by atoms with E-state index < -0.39 is 33.7 Å². The third-order valence-corrected chi connectivity index (χ3v) is 8.03. The maximum atomic E-state index is 13.8. The van der Waals surface area contributed by atoms with Gasteiger partial charge in [-0.25, -0.2) is 8.42 Å². The summed E-state index contributed by atoms with van der Waals surface area (Å²) < 4.78 is 65.9. The highest BCUT2D eigenvalue weighted by Gasteiger charge is 2.33. The van der Waals surface area contributed by atoms with Crippen molar-refractivity contribution in [3.63, 3.8) is 0 Å². The summed E-state index contributed by atoms with van der Waals surface area (Å²) in [4.78, 5) is 28.7. The van der Waals surface area contributed by atoms with E-state index in [1.807, 2.05) is 44.2 Å². The van der Waals surface area contributed by atoms with Crippen molar-refractivity contribution in [2.45, 2.75) is 57.9 Å². The van der Waals surface area contributed by atoms with Crippen LogP contribution < -0.4 is 9.62 Å². The summed E-state index contributed by atoms with van der Waals surface area (Å²) >= 11 is 6.05. The van der Waals surface area contributed by atoms with Crippen LogP contribution in [0.1, 0.15) is 43.4 Å². The first kappa shape index (κ1) is 33.9. The van der Waals surface area contributed by atoms with Gasteiger partial charge >= 0.3 is 6.18 Å². The third kappa shape index (κ3) is 10.3. The van der Waals surface area contributed by atoms with E-state index in [0.717, 1.165) is 39.9 Å². The molecule has 3 aromatic rings. The van der Waals surface area contributed by atoms with Crippen LogP contribution in [0.3, 0.4) is 0 Å². The summed E-state index contributed by atoms with van der Waals surface area (Å²) in [5.74, 6) is -0.754. The molecule has 0 unspecified atom stereocenters. The number of benzene rings is 3. The molecule has 0 saturated heterocycles. The Labute approximate surface area is 255 Å². The van der Waals surface area contributed by atoms with Gasteiger partial charge in [-0.2, -0.15) is 13.2 Å². The van der Waals surface area contributed by atoms with Crippen molar-refractivity contribution in [1.82, 2.24) is 10.2 Å². The van der Waals surface area contributed by atoms with Crippen LogP contribution in [-0.4, -0.2) is 50.0 Å². The summed E-state index contributed by atoms with van der Waals surface area (Å²) in [5.41, 5.74) is 0.438. The van der Waals surface area contributed by atoms with Gasteiger partial charge in [0, 0.05) is 37.0 Å². The standard InChI is InChI=1S/C31H35ClF3N3O4S/c1-22(2)36-30(40)28(19-23-9-5-4-6-10-23)37(21-24-14-16-26(32)17-15-24)29(39)13-8-18-38(43(3,41)42)27-12-7-11-25(20-27)31(33,34)35/h4-7,9-12,14-17,20,22,28H,8,13,18-19,21H2,1-3H3,(H,36,40)/t28-/m1/s1. The van der Waals surface area contributed by atoms with Crippen molar-refractivity contribution in [2.24, 2.45) is 0 Å². The van der Waals surface area contributed by atoms with E-state index in [-0.39, 0.29) is 50.0 Å². The van der Waals surface area contributed by atoms with Crippen LogP contribution in [0, 0.1) is 0 Å². The number of alkyl halides is 3. The van der Waals surface area contributed by atoms with Gasteiger partial charge in [0.25, 0.3) is 0 Å². The van der Waals surface area contributed by atoms with Gasteiger partial charge in [-0.05, 0) is 61.7 Å². The number of nitrogens with one attached hydrogen (secondary N) is 1. The molecule has 0 radical (unpaired) electrons. The molecule has 0 aliphatic heterocycles. The molecule has 232 valence electrons. The molecule has 0 heterocycles. The summed E-state index contributed by atoms with van der Waals surface area (Å²) in [5, 5.41) is 3.40. The minimum Gasteiger partial charge on any atom is -0.352 e. The fourth-order valence-corrected chi connectivity index (χ4v) is 5.65. The van der Waals surface area contributed by atoms with Crippen molar-refractivity contribution in [2.75, 3.05) is 17.1 Å². The molecule has 1 atom stereocenters. The van der Waals surface area contributed by atoms with E-state index in [9.17, 15) is 31.2 Å². The zero-order chi connectivity index (χ0) is 31.8. The number of anilines is 1. The lowest BCUT2D eigenvalue weighted by molar-refractivity contribution is -0.141. The quantitative estimate of drug-likeness (QED) is 0.247. The minimum absolute atomic E-state index is 0.00310. The van der Waals surface area contributed by atoms with Crippen LogP contribution in [0.4, 0.5) is 18.9 Å². The number of carbonyl (C=O) groups excluding carboxylic acids is 2. The second-order valence-corrected chi connectivity index (χ2v) is 12.8. The average Bonchev–Trinajstić information content (AvgIpc) is 2.93. The third-order valence-electron chi connectivity index (χ3n) is 6.58. The van der Waals surface area contributed by atoms with Crippen LogP contribution >= 0.6 is 11.6 Å². The predicted octanol–water partition coefficient (Wildman–Crippen LogP) is 6.07. The number of rotatable bonds is 13. The highest BCUT2D eigenvalue weighted by Crippen LogP contribution is 2.32. The molecule has 0 aromatic heterocycles. The number of halogens is 4. The number of hydrogen-bond donors (Lipinski definition) is 1. The van der Waals surface area contributed by atoms with Gasteiger partial charge < -0.3 is 10.2 Å². The number of sulfonamides is 1. The lowest BCUT2D eigenvalue weighted by Crippen LogP contribution is -2.51. The molecule has 0 saturated carbocycles. The first-order valence-corrected chi connectivity index (χ1v) is 15.9.